The van der Waals surface area contributed by atoms with E-state index in [1.165, 1.54) is 0 Å². The number of halogens is 1. The number of aryl methyl sites for hydroxylation is 2. The Morgan fingerprint density at radius 1 is 1.47 bits per heavy atom. The Hall–Kier alpha value is -1.26. The van der Waals surface area contributed by atoms with E-state index in [0.29, 0.717) is 5.15 Å². The predicted octanol–water partition coefficient (Wildman–Crippen LogP) is 2.61. The van der Waals surface area contributed by atoms with Crippen LogP contribution in [-0.2, 0) is 20.1 Å². The molecule has 0 atom stereocenters. The molecule has 0 aliphatic heterocycles. The summed E-state index contributed by atoms with van der Waals surface area (Å²) >= 11 is 6.20. The lowest BCUT2D eigenvalue weighted by Crippen LogP contribution is -2.17. The van der Waals surface area contributed by atoms with E-state index < -0.39 is 0 Å². The molecule has 0 fully saturated rings. The zero-order valence-electron chi connectivity index (χ0n) is 10.3. The van der Waals surface area contributed by atoms with Crippen molar-refractivity contribution >= 4 is 11.6 Å². The van der Waals surface area contributed by atoms with E-state index in [1.807, 2.05) is 20.0 Å². The van der Waals surface area contributed by atoms with E-state index >= 15 is 0 Å². The van der Waals surface area contributed by atoms with Gasteiger partial charge in [-0.05, 0) is 20.0 Å². The van der Waals surface area contributed by atoms with Crippen molar-refractivity contribution < 1.29 is 4.42 Å². The van der Waals surface area contributed by atoms with Crippen LogP contribution in [0, 0.1) is 6.92 Å². The number of hydrogen-bond acceptors (Lipinski definition) is 3. The summed E-state index contributed by atoms with van der Waals surface area (Å²) < 4.78 is 6.75. The summed E-state index contributed by atoms with van der Waals surface area (Å²) in [6, 6.07) is 1.97. The molecule has 17 heavy (non-hydrogen) atoms. The van der Waals surface area contributed by atoms with Crippen LogP contribution in [0.2, 0.25) is 5.15 Å². The molecule has 0 aliphatic carbocycles. The molecular weight excluding hydrogens is 238 g/mol. The molecule has 92 valence electrons. The summed E-state index contributed by atoms with van der Waals surface area (Å²) in [5.41, 5.74) is 3.22. The van der Waals surface area contributed by atoms with Crippen molar-refractivity contribution in [1.29, 1.82) is 0 Å². The fourth-order valence-electron chi connectivity index (χ4n) is 1.87. The molecule has 0 amide bonds. The first-order valence-electron chi connectivity index (χ1n) is 5.45. The first kappa shape index (κ1) is 12.2. The Kier molecular flexibility index (Phi) is 3.54. The van der Waals surface area contributed by atoms with Gasteiger partial charge in [-0.25, -0.2) is 0 Å². The van der Waals surface area contributed by atoms with E-state index in [2.05, 4.69) is 17.0 Å². The quantitative estimate of drug-likeness (QED) is 0.840. The van der Waals surface area contributed by atoms with E-state index in [4.69, 9.17) is 16.0 Å². The maximum Gasteiger partial charge on any atom is 0.131 e. The molecule has 2 aromatic rings. The standard InChI is InChI=1S/C12H16ClN3O/c1-9-11(12(13)16(3)14-9)7-15(2)6-10-4-5-17-8-10/h4-5,8H,6-7H2,1-3H3. The van der Waals surface area contributed by atoms with Gasteiger partial charge in [-0.3, -0.25) is 9.58 Å². The van der Waals surface area contributed by atoms with Gasteiger partial charge in [-0.2, -0.15) is 5.10 Å². The highest BCUT2D eigenvalue weighted by Gasteiger charge is 2.13. The van der Waals surface area contributed by atoms with Crippen molar-refractivity contribution in [3.05, 3.63) is 40.6 Å². The number of furan rings is 1. The van der Waals surface area contributed by atoms with Gasteiger partial charge >= 0.3 is 0 Å². The Morgan fingerprint density at radius 3 is 2.76 bits per heavy atom. The zero-order chi connectivity index (χ0) is 12.4. The molecule has 0 unspecified atom stereocenters. The molecule has 0 aliphatic rings. The highest BCUT2D eigenvalue weighted by molar-refractivity contribution is 6.30. The van der Waals surface area contributed by atoms with Crippen molar-refractivity contribution in [3.8, 4) is 0 Å². The van der Waals surface area contributed by atoms with Gasteiger partial charge in [-0.1, -0.05) is 11.6 Å². The van der Waals surface area contributed by atoms with Crippen LogP contribution < -0.4 is 0 Å². The molecule has 2 heterocycles. The second-order valence-corrected chi connectivity index (χ2v) is 4.64. The summed E-state index contributed by atoms with van der Waals surface area (Å²) in [6.45, 7) is 3.59. The summed E-state index contributed by atoms with van der Waals surface area (Å²) in [5.74, 6) is 0. The lowest BCUT2D eigenvalue weighted by Gasteiger charge is -2.15. The van der Waals surface area contributed by atoms with E-state index in [0.717, 1.165) is 29.9 Å². The molecule has 0 aromatic carbocycles. The topological polar surface area (TPSA) is 34.2 Å². The van der Waals surface area contributed by atoms with E-state index in [-0.39, 0.29) is 0 Å². The Labute approximate surface area is 106 Å². The Morgan fingerprint density at radius 2 is 2.24 bits per heavy atom. The van der Waals surface area contributed by atoms with E-state index in [9.17, 15) is 0 Å². The third kappa shape index (κ3) is 2.70. The minimum Gasteiger partial charge on any atom is -0.472 e. The van der Waals surface area contributed by atoms with Gasteiger partial charge in [-0.15, -0.1) is 0 Å². The van der Waals surface area contributed by atoms with Crippen molar-refractivity contribution in [2.24, 2.45) is 7.05 Å². The highest BCUT2D eigenvalue weighted by atomic mass is 35.5. The molecule has 0 spiro atoms. The Bertz CT molecular complexity index is 490. The average molecular weight is 254 g/mol. The van der Waals surface area contributed by atoms with Crippen LogP contribution in [0.5, 0.6) is 0 Å². The third-order valence-electron chi connectivity index (χ3n) is 2.73. The van der Waals surface area contributed by atoms with Gasteiger partial charge < -0.3 is 4.42 Å². The lowest BCUT2D eigenvalue weighted by molar-refractivity contribution is 0.317. The minimum absolute atomic E-state index is 0.710. The van der Waals surface area contributed by atoms with Crippen LogP contribution in [0.4, 0.5) is 0 Å². The van der Waals surface area contributed by atoms with Gasteiger partial charge in [0, 0.05) is 31.3 Å². The second-order valence-electron chi connectivity index (χ2n) is 4.28. The molecular formula is C12H16ClN3O. The number of nitrogens with zero attached hydrogens (tertiary/aromatic N) is 3. The third-order valence-corrected chi connectivity index (χ3v) is 3.20. The Balaban J connectivity index is 2.05. The smallest absolute Gasteiger partial charge is 0.131 e. The largest absolute Gasteiger partial charge is 0.472 e. The number of rotatable bonds is 4. The van der Waals surface area contributed by atoms with Gasteiger partial charge in [0.1, 0.15) is 5.15 Å². The van der Waals surface area contributed by atoms with Crippen molar-refractivity contribution in [2.75, 3.05) is 7.05 Å². The fourth-order valence-corrected chi connectivity index (χ4v) is 2.11. The van der Waals surface area contributed by atoms with Crippen molar-refractivity contribution in [1.82, 2.24) is 14.7 Å². The van der Waals surface area contributed by atoms with Gasteiger partial charge in [0.15, 0.2) is 0 Å². The summed E-state index contributed by atoms with van der Waals surface area (Å²) in [4.78, 5) is 2.18. The van der Waals surface area contributed by atoms with E-state index in [1.54, 1.807) is 17.2 Å². The van der Waals surface area contributed by atoms with Crippen molar-refractivity contribution in [3.63, 3.8) is 0 Å². The van der Waals surface area contributed by atoms with Crippen LogP contribution in [-0.4, -0.2) is 21.7 Å². The highest BCUT2D eigenvalue weighted by Crippen LogP contribution is 2.20. The maximum atomic E-state index is 6.20. The van der Waals surface area contributed by atoms with Crippen LogP contribution in [0.3, 0.4) is 0 Å². The maximum absolute atomic E-state index is 6.20. The summed E-state index contributed by atoms with van der Waals surface area (Å²) in [7, 11) is 3.91. The molecule has 4 nitrogen and oxygen atoms in total. The molecule has 0 N–H and O–H groups in total. The first-order valence-corrected chi connectivity index (χ1v) is 5.83. The molecule has 0 radical (unpaired) electrons. The molecule has 2 rings (SSSR count). The lowest BCUT2D eigenvalue weighted by atomic mass is 10.2. The minimum atomic E-state index is 0.710. The SMILES string of the molecule is Cc1nn(C)c(Cl)c1CN(C)Cc1ccoc1. The van der Waals surface area contributed by atoms with Gasteiger partial charge in [0.2, 0.25) is 0 Å². The second kappa shape index (κ2) is 4.94. The number of hydrogen-bond donors (Lipinski definition) is 0. The van der Waals surface area contributed by atoms with Crippen LogP contribution >= 0.6 is 11.6 Å². The number of aromatic nitrogens is 2. The molecule has 0 bridgehead atoms. The van der Waals surface area contributed by atoms with Crippen LogP contribution in [0.15, 0.2) is 23.0 Å². The fraction of sp³-hybridized carbons (Fsp3) is 0.417. The molecule has 0 saturated carbocycles. The van der Waals surface area contributed by atoms with Gasteiger partial charge in [0.05, 0.1) is 18.2 Å². The van der Waals surface area contributed by atoms with Gasteiger partial charge in [0.25, 0.3) is 0 Å². The first-order chi connectivity index (χ1) is 8.08. The monoisotopic (exact) mass is 253 g/mol. The van der Waals surface area contributed by atoms with Crippen LogP contribution in [0.25, 0.3) is 0 Å². The predicted molar refractivity (Wildman–Crippen MR) is 66.8 cm³/mol. The molecule has 2 aromatic heterocycles. The molecule has 0 saturated heterocycles. The van der Waals surface area contributed by atoms with Crippen LogP contribution in [0.1, 0.15) is 16.8 Å². The zero-order valence-corrected chi connectivity index (χ0v) is 11.0. The normalized spacial score (nSPS) is 11.4. The van der Waals surface area contributed by atoms with Crippen molar-refractivity contribution in [2.45, 2.75) is 20.0 Å². The summed E-state index contributed by atoms with van der Waals surface area (Å²) in [5, 5.41) is 5.01. The average Bonchev–Trinajstić information content (AvgIpc) is 2.83. The summed E-state index contributed by atoms with van der Waals surface area (Å²) in [6.07, 6.45) is 3.44. The molecule has 5 heteroatoms.